The molecule has 0 aromatic heterocycles. The molecule has 1 amide bonds. The van der Waals surface area contributed by atoms with Crippen molar-refractivity contribution in [2.75, 3.05) is 11.9 Å². The molecular weight excluding hydrogens is 416 g/mol. The van der Waals surface area contributed by atoms with Gasteiger partial charge in [-0.1, -0.05) is 56.2 Å². The number of anilines is 1. The minimum atomic E-state index is -0.554. The van der Waals surface area contributed by atoms with E-state index in [4.69, 9.17) is 4.74 Å². The van der Waals surface area contributed by atoms with Crippen molar-refractivity contribution >= 4 is 17.6 Å². The van der Waals surface area contributed by atoms with Crippen molar-refractivity contribution in [3.05, 3.63) is 59.2 Å². The number of amides is 1. The molecule has 2 aromatic rings. The highest BCUT2D eigenvalue weighted by atomic mass is 16.5. The van der Waals surface area contributed by atoms with Crippen molar-refractivity contribution in [1.29, 1.82) is 0 Å². The zero-order valence-electron chi connectivity index (χ0n) is 19.6. The Balaban J connectivity index is 1.50. The summed E-state index contributed by atoms with van der Waals surface area (Å²) in [6, 6.07) is 13.8. The van der Waals surface area contributed by atoms with Gasteiger partial charge in [-0.05, 0) is 61.4 Å². The fraction of sp³-hybridized carbons (Fsp3) is 0.481. The minimum absolute atomic E-state index is 0.0421. The highest BCUT2D eigenvalue weighted by molar-refractivity contribution is 5.96. The molecule has 0 spiro atoms. The second-order valence-corrected chi connectivity index (χ2v) is 8.67. The first-order valence-corrected chi connectivity index (χ1v) is 12.2. The van der Waals surface area contributed by atoms with Gasteiger partial charge >= 0.3 is 5.97 Å². The minimum Gasteiger partial charge on any atom is -0.424 e. The molecule has 0 bridgehead atoms. The number of nitrogens with one attached hydrogen (secondary N) is 2. The van der Waals surface area contributed by atoms with Gasteiger partial charge in [-0.2, -0.15) is 0 Å². The Morgan fingerprint density at radius 3 is 2.70 bits per heavy atom. The van der Waals surface area contributed by atoms with Crippen molar-refractivity contribution in [3.63, 3.8) is 0 Å². The highest BCUT2D eigenvalue weighted by Gasteiger charge is 2.23. The van der Waals surface area contributed by atoms with Crippen molar-refractivity contribution in [3.8, 4) is 5.75 Å². The van der Waals surface area contributed by atoms with Crippen LogP contribution in [-0.4, -0.2) is 29.8 Å². The molecule has 1 atom stereocenters. The predicted molar refractivity (Wildman–Crippen MR) is 130 cm³/mol. The standard InChI is InChI=1S/C27H36N2O4/c1-2-3-5-13-26(32)33-23-16-14-21(22-15-17-24(30)29-27(22)23)12-8-9-18-28-25(31)19-20-10-6-4-7-11-20/h4,6-7,10-11,14,16,25,28,31H,2-3,5,8-9,12-13,15,17-19H2,1H3,(H,29,30). The van der Waals surface area contributed by atoms with Gasteiger partial charge in [0.2, 0.25) is 5.91 Å². The van der Waals surface area contributed by atoms with Crippen LogP contribution in [0.5, 0.6) is 5.75 Å². The zero-order valence-corrected chi connectivity index (χ0v) is 19.6. The summed E-state index contributed by atoms with van der Waals surface area (Å²) in [4.78, 5) is 24.2. The van der Waals surface area contributed by atoms with E-state index in [1.54, 1.807) is 6.07 Å². The molecule has 3 rings (SSSR count). The maximum Gasteiger partial charge on any atom is 0.311 e. The molecule has 1 aliphatic rings. The molecule has 1 aliphatic heterocycles. The van der Waals surface area contributed by atoms with Crippen LogP contribution < -0.4 is 15.4 Å². The Morgan fingerprint density at radius 1 is 1.09 bits per heavy atom. The van der Waals surface area contributed by atoms with Gasteiger partial charge in [-0.3, -0.25) is 14.9 Å². The first kappa shape index (κ1) is 24.9. The van der Waals surface area contributed by atoms with E-state index in [1.165, 1.54) is 5.56 Å². The molecule has 0 fully saturated rings. The van der Waals surface area contributed by atoms with Crippen molar-refractivity contribution < 1.29 is 19.4 Å². The van der Waals surface area contributed by atoms with Gasteiger partial charge in [0.05, 0.1) is 5.69 Å². The molecule has 178 valence electrons. The van der Waals surface area contributed by atoms with Crippen LogP contribution in [0.4, 0.5) is 5.69 Å². The van der Waals surface area contributed by atoms with Gasteiger partial charge in [0.25, 0.3) is 0 Å². The molecule has 1 heterocycles. The van der Waals surface area contributed by atoms with Crippen LogP contribution in [0.2, 0.25) is 0 Å². The number of carbonyl (C=O) groups is 2. The van der Waals surface area contributed by atoms with Crippen LogP contribution in [0.25, 0.3) is 0 Å². The Kier molecular flexibility index (Phi) is 9.91. The average molecular weight is 453 g/mol. The molecule has 6 nitrogen and oxygen atoms in total. The number of fused-ring (bicyclic) bond motifs is 1. The third-order valence-corrected chi connectivity index (χ3v) is 5.97. The molecule has 33 heavy (non-hydrogen) atoms. The van der Waals surface area contributed by atoms with Crippen LogP contribution in [0.1, 0.15) is 68.6 Å². The van der Waals surface area contributed by atoms with E-state index in [2.05, 4.69) is 17.6 Å². The number of aliphatic hydroxyl groups excluding tert-OH is 1. The van der Waals surface area contributed by atoms with E-state index >= 15 is 0 Å². The number of ether oxygens (including phenoxy) is 1. The Hall–Kier alpha value is -2.70. The van der Waals surface area contributed by atoms with Crippen LogP contribution in [0, 0.1) is 0 Å². The first-order valence-electron chi connectivity index (χ1n) is 12.2. The second-order valence-electron chi connectivity index (χ2n) is 8.67. The smallest absolute Gasteiger partial charge is 0.311 e. The summed E-state index contributed by atoms with van der Waals surface area (Å²) in [7, 11) is 0. The van der Waals surface area contributed by atoms with Gasteiger partial charge in [-0.15, -0.1) is 0 Å². The number of benzene rings is 2. The Bertz CT molecular complexity index is 914. The largest absolute Gasteiger partial charge is 0.424 e. The lowest BCUT2D eigenvalue weighted by molar-refractivity contribution is -0.134. The maximum absolute atomic E-state index is 12.2. The van der Waals surface area contributed by atoms with Crippen molar-refractivity contribution in [2.24, 2.45) is 0 Å². The summed E-state index contributed by atoms with van der Waals surface area (Å²) in [5.41, 5.74) is 4.02. The fourth-order valence-corrected chi connectivity index (χ4v) is 4.16. The molecule has 0 saturated carbocycles. The number of hydrogen-bond acceptors (Lipinski definition) is 5. The molecule has 6 heteroatoms. The van der Waals surface area contributed by atoms with Crippen molar-refractivity contribution in [1.82, 2.24) is 5.32 Å². The van der Waals surface area contributed by atoms with E-state index in [0.717, 1.165) is 56.2 Å². The van der Waals surface area contributed by atoms with Gasteiger partial charge in [0.1, 0.15) is 6.23 Å². The van der Waals surface area contributed by atoms with E-state index in [-0.39, 0.29) is 11.9 Å². The topological polar surface area (TPSA) is 87.7 Å². The number of aryl methyl sites for hydroxylation is 1. The lowest BCUT2D eigenvalue weighted by Gasteiger charge is -2.23. The van der Waals surface area contributed by atoms with Gasteiger partial charge in [-0.25, -0.2) is 0 Å². The monoisotopic (exact) mass is 452 g/mol. The van der Waals surface area contributed by atoms with Crippen LogP contribution in [0.15, 0.2) is 42.5 Å². The number of hydrogen-bond donors (Lipinski definition) is 3. The van der Waals surface area contributed by atoms with Crippen LogP contribution in [0.3, 0.4) is 0 Å². The third kappa shape index (κ3) is 7.98. The fourth-order valence-electron chi connectivity index (χ4n) is 4.16. The maximum atomic E-state index is 12.2. The molecule has 0 saturated heterocycles. The lowest BCUT2D eigenvalue weighted by atomic mass is 9.93. The number of aliphatic hydroxyl groups is 1. The van der Waals surface area contributed by atoms with E-state index in [9.17, 15) is 14.7 Å². The molecule has 0 radical (unpaired) electrons. The van der Waals surface area contributed by atoms with Crippen molar-refractivity contribution in [2.45, 2.75) is 77.4 Å². The van der Waals surface area contributed by atoms with Gasteiger partial charge in [0, 0.05) is 19.3 Å². The number of carbonyl (C=O) groups excluding carboxylic acids is 2. The molecule has 0 aliphatic carbocycles. The third-order valence-electron chi connectivity index (χ3n) is 5.97. The Morgan fingerprint density at radius 2 is 1.91 bits per heavy atom. The van der Waals surface area contributed by atoms with E-state index < -0.39 is 6.23 Å². The normalized spacial score (nSPS) is 13.8. The first-order chi connectivity index (χ1) is 16.1. The second kappa shape index (κ2) is 13.1. The highest BCUT2D eigenvalue weighted by Crippen LogP contribution is 2.36. The summed E-state index contributed by atoms with van der Waals surface area (Å²) in [5.74, 6) is 0.159. The number of esters is 1. The molecular formula is C27H36N2O4. The average Bonchev–Trinajstić information content (AvgIpc) is 2.81. The SMILES string of the molecule is CCCCCC(=O)Oc1ccc(CCCCNC(O)Cc2ccccc2)c2c1NC(=O)CC2. The number of unbranched alkanes of at least 4 members (excludes halogenated alkanes) is 3. The molecule has 1 unspecified atom stereocenters. The summed E-state index contributed by atoms with van der Waals surface area (Å²) in [6.45, 7) is 2.83. The predicted octanol–water partition coefficient (Wildman–Crippen LogP) is 4.53. The van der Waals surface area contributed by atoms with E-state index in [0.29, 0.717) is 37.1 Å². The quantitative estimate of drug-likeness (QED) is 0.180. The lowest BCUT2D eigenvalue weighted by Crippen LogP contribution is -2.31. The molecule has 3 N–H and O–H groups in total. The Labute approximate surface area is 196 Å². The van der Waals surface area contributed by atoms with Crippen LogP contribution >= 0.6 is 0 Å². The summed E-state index contributed by atoms with van der Waals surface area (Å²) >= 11 is 0. The summed E-state index contributed by atoms with van der Waals surface area (Å²) in [5, 5.41) is 16.3. The number of rotatable bonds is 13. The summed E-state index contributed by atoms with van der Waals surface area (Å²) in [6.07, 6.45) is 7.16. The molecule has 2 aromatic carbocycles. The van der Waals surface area contributed by atoms with Crippen LogP contribution in [-0.2, 0) is 28.9 Å². The van der Waals surface area contributed by atoms with E-state index in [1.807, 2.05) is 36.4 Å². The summed E-state index contributed by atoms with van der Waals surface area (Å²) < 4.78 is 5.59. The zero-order chi connectivity index (χ0) is 23.5. The van der Waals surface area contributed by atoms with Gasteiger partial charge in [0.15, 0.2) is 5.75 Å². The van der Waals surface area contributed by atoms with Gasteiger partial charge < -0.3 is 15.2 Å².